The molecule has 0 N–H and O–H groups in total. The zero-order chi connectivity index (χ0) is 16.1. The fraction of sp³-hybridized carbons (Fsp3) is 0.750. The van der Waals surface area contributed by atoms with Crippen LogP contribution in [0.5, 0.6) is 0 Å². The average Bonchev–Trinajstić information content (AvgIpc) is 2.24. The molecule has 0 radical (unpaired) electrons. The number of amides is 1. The van der Waals surface area contributed by atoms with Crippen LogP contribution in [0.3, 0.4) is 0 Å². The van der Waals surface area contributed by atoms with Crippen molar-refractivity contribution in [1.82, 2.24) is 4.90 Å². The molecule has 116 valence electrons. The van der Waals surface area contributed by atoms with E-state index in [2.05, 4.69) is 0 Å². The van der Waals surface area contributed by atoms with Gasteiger partial charge in [0.05, 0.1) is 5.92 Å². The minimum absolute atomic E-state index is 0.151. The van der Waals surface area contributed by atoms with Crippen molar-refractivity contribution in [2.75, 3.05) is 7.05 Å². The average molecular weight is 283 g/mol. The number of nitrogens with zero attached hydrogens (tertiary/aromatic N) is 1. The van der Waals surface area contributed by atoms with Gasteiger partial charge in [-0.3, -0.25) is 0 Å². The molecule has 2 unspecified atom stereocenters. The Morgan fingerprint density at radius 3 is 2.00 bits per heavy atom. The molecular weight excluding hydrogens is 254 g/mol. The molecule has 0 aromatic heterocycles. The van der Waals surface area contributed by atoms with Crippen molar-refractivity contribution >= 4 is 12.4 Å². The zero-order valence-corrected chi connectivity index (χ0v) is 14.1. The highest BCUT2D eigenvalue weighted by Crippen LogP contribution is 2.22. The number of allylic oxidation sites excluding steroid dienone is 1. The van der Waals surface area contributed by atoms with Gasteiger partial charge in [-0.1, -0.05) is 25.5 Å². The van der Waals surface area contributed by atoms with Crippen LogP contribution in [0.25, 0.3) is 0 Å². The van der Waals surface area contributed by atoms with Crippen molar-refractivity contribution in [2.24, 2.45) is 11.8 Å². The maximum Gasteiger partial charge on any atom is 0.410 e. The molecule has 0 saturated heterocycles. The first-order chi connectivity index (χ1) is 8.99. The number of rotatable bonds is 5. The first-order valence-corrected chi connectivity index (χ1v) is 7.05. The third-order valence-corrected chi connectivity index (χ3v) is 2.89. The van der Waals surface area contributed by atoms with Crippen molar-refractivity contribution in [3.05, 3.63) is 11.6 Å². The highest BCUT2D eigenvalue weighted by atomic mass is 16.6. The summed E-state index contributed by atoms with van der Waals surface area (Å²) in [6, 6.07) is -0.211. The Kier molecular flexibility index (Phi) is 6.97. The van der Waals surface area contributed by atoms with E-state index in [1.807, 2.05) is 54.5 Å². The number of hydrogen-bond donors (Lipinski definition) is 0. The lowest BCUT2D eigenvalue weighted by Crippen LogP contribution is -2.47. The lowest BCUT2D eigenvalue weighted by atomic mass is 9.89. The van der Waals surface area contributed by atoms with E-state index < -0.39 is 11.7 Å². The lowest BCUT2D eigenvalue weighted by molar-refractivity contribution is -0.111. The van der Waals surface area contributed by atoms with Crippen LogP contribution in [0.15, 0.2) is 11.6 Å². The summed E-state index contributed by atoms with van der Waals surface area (Å²) >= 11 is 0. The van der Waals surface area contributed by atoms with Gasteiger partial charge in [0.2, 0.25) is 0 Å². The molecule has 0 bridgehead atoms. The second-order valence-corrected chi connectivity index (χ2v) is 6.78. The zero-order valence-electron chi connectivity index (χ0n) is 14.1. The van der Waals surface area contributed by atoms with E-state index in [-0.39, 0.29) is 17.9 Å². The predicted octanol–water partition coefficient (Wildman–Crippen LogP) is 3.66. The Bertz CT molecular complexity index is 362. The summed E-state index contributed by atoms with van der Waals surface area (Å²) in [5.74, 6) is -0.171. The molecule has 0 aliphatic rings. The van der Waals surface area contributed by atoms with Crippen LogP contribution in [0.4, 0.5) is 4.79 Å². The maximum absolute atomic E-state index is 12.2. The van der Waals surface area contributed by atoms with Crippen LogP contribution in [-0.2, 0) is 9.53 Å². The van der Waals surface area contributed by atoms with E-state index in [0.29, 0.717) is 0 Å². The van der Waals surface area contributed by atoms with Crippen LogP contribution in [-0.4, -0.2) is 36.0 Å². The van der Waals surface area contributed by atoms with Crippen LogP contribution >= 0.6 is 0 Å². The predicted molar refractivity (Wildman–Crippen MR) is 81.6 cm³/mol. The van der Waals surface area contributed by atoms with Crippen molar-refractivity contribution < 1.29 is 14.3 Å². The Labute approximate surface area is 123 Å². The molecular formula is C16H29NO3. The molecule has 0 spiro atoms. The molecule has 0 aromatic rings. The quantitative estimate of drug-likeness (QED) is 0.571. The molecule has 4 nitrogen and oxygen atoms in total. The number of ether oxygens (including phenoxy) is 1. The molecule has 1 amide bonds. The first-order valence-electron chi connectivity index (χ1n) is 7.05. The van der Waals surface area contributed by atoms with Crippen LogP contribution in [0, 0.1) is 11.8 Å². The van der Waals surface area contributed by atoms with Gasteiger partial charge in [0.1, 0.15) is 11.9 Å². The topological polar surface area (TPSA) is 46.6 Å². The number of hydrogen-bond acceptors (Lipinski definition) is 3. The first kappa shape index (κ1) is 18.7. The Morgan fingerprint density at radius 2 is 1.70 bits per heavy atom. The fourth-order valence-corrected chi connectivity index (χ4v) is 2.21. The van der Waals surface area contributed by atoms with Crippen molar-refractivity contribution in [3.63, 3.8) is 0 Å². The van der Waals surface area contributed by atoms with Crippen molar-refractivity contribution in [3.8, 4) is 0 Å². The molecule has 4 heteroatoms. The van der Waals surface area contributed by atoms with Gasteiger partial charge in [-0.25, -0.2) is 4.79 Å². The van der Waals surface area contributed by atoms with Gasteiger partial charge < -0.3 is 14.4 Å². The van der Waals surface area contributed by atoms with Crippen LogP contribution < -0.4 is 0 Å². The summed E-state index contributed by atoms with van der Waals surface area (Å²) in [4.78, 5) is 25.1. The SMILES string of the molecule is CC(C)=CC(C=O)C(C(C)C)N(C)C(=O)OC(C)(C)C. The third kappa shape index (κ3) is 6.22. The van der Waals surface area contributed by atoms with Crippen molar-refractivity contribution in [2.45, 2.75) is 60.1 Å². The molecule has 0 saturated carbocycles. The molecule has 0 aliphatic heterocycles. The van der Waals surface area contributed by atoms with E-state index >= 15 is 0 Å². The number of carbonyl (C=O) groups excluding carboxylic acids is 2. The van der Waals surface area contributed by atoms with Gasteiger partial charge in [-0.05, 0) is 40.5 Å². The Morgan fingerprint density at radius 1 is 1.20 bits per heavy atom. The highest BCUT2D eigenvalue weighted by Gasteiger charge is 2.32. The molecule has 0 rings (SSSR count). The molecule has 0 aliphatic carbocycles. The van der Waals surface area contributed by atoms with Crippen LogP contribution in [0.2, 0.25) is 0 Å². The van der Waals surface area contributed by atoms with E-state index in [0.717, 1.165) is 11.9 Å². The van der Waals surface area contributed by atoms with E-state index in [1.54, 1.807) is 7.05 Å². The van der Waals surface area contributed by atoms with Crippen molar-refractivity contribution in [1.29, 1.82) is 0 Å². The smallest absolute Gasteiger partial charge is 0.410 e. The molecule has 0 heterocycles. The standard InChI is InChI=1S/C16H29NO3/c1-11(2)9-13(10-18)14(12(3)4)17(8)15(19)20-16(5,6)7/h9-10,12-14H,1-8H3. The fourth-order valence-electron chi connectivity index (χ4n) is 2.21. The normalized spacial score (nSPS) is 14.4. The molecule has 2 atom stereocenters. The second kappa shape index (κ2) is 7.46. The minimum atomic E-state index is -0.542. The summed E-state index contributed by atoms with van der Waals surface area (Å²) < 4.78 is 5.38. The van der Waals surface area contributed by atoms with Crippen LogP contribution in [0.1, 0.15) is 48.5 Å². The van der Waals surface area contributed by atoms with E-state index in [1.165, 1.54) is 4.90 Å². The largest absolute Gasteiger partial charge is 0.444 e. The van der Waals surface area contributed by atoms with Gasteiger partial charge in [0.15, 0.2) is 0 Å². The lowest BCUT2D eigenvalue weighted by Gasteiger charge is -2.35. The Hall–Kier alpha value is -1.32. The monoisotopic (exact) mass is 283 g/mol. The van der Waals surface area contributed by atoms with Gasteiger partial charge in [-0.2, -0.15) is 0 Å². The van der Waals surface area contributed by atoms with Gasteiger partial charge >= 0.3 is 6.09 Å². The number of aldehydes is 1. The summed E-state index contributed by atoms with van der Waals surface area (Å²) in [5.41, 5.74) is 0.519. The van der Waals surface area contributed by atoms with E-state index in [4.69, 9.17) is 4.74 Å². The van der Waals surface area contributed by atoms with E-state index in [9.17, 15) is 9.59 Å². The molecule has 0 fully saturated rings. The molecule has 20 heavy (non-hydrogen) atoms. The highest BCUT2D eigenvalue weighted by molar-refractivity contribution is 5.70. The molecule has 0 aromatic carbocycles. The third-order valence-electron chi connectivity index (χ3n) is 2.89. The van der Waals surface area contributed by atoms with Gasteiger partial charge in [0.25, 0.3) is 0 Å². The Balaban J connectivity index is 5.22. The van der Waals surface area contributed by atoms with Gasteiger partial charge in [0, 0.05) is 13.1 Å². The summed E-state index contributed by atoms with van der Waals surface area (Å²) in [5, 5.41) is 0. The maximum atomic E-state index is 12.2. The second-order valence-electron chi connectivity index (χ2n) is 6.78. The van der Waals surface area contributed by atoms with Gasteiger partial charge in [-0.15, -0.1) is 0 Å². The number of carbonyl (C=O) groups is 2. The minimum Gasteiger partial charge on any atom is -0.444 e. The summed E-state index contributed by atoms with van der Waals surface area (Å²) in [6.07, 6.45) is 2.40. The summed E-state index contributed by atoms with van der Waals surface area (Å²) in [7, 11) is 1.69. The summed E-state index contributed by atoms with van der Waals surface area (Å²) in [6.45, 7) is 13.4.